The SMILES string of the molecule is CN1[OH+]CC23Cc4ccc(C(=O)N=[N+]=[N-])c(O)c4C4(CC(=O)C=CC4(O)C12)C3.COCl. The van der Waals surface area contributed by atoms with Crippen molar-refractivity contribution in [2.45, 2.75) is 36.3 Å². The molecule has 0 aromatic heterocycles. The first-order valence-corrected chi connectivity index (χ1v) is 9.95. The Labute approximate surface area is 182 Å². The Kier molecular flexibility index (Phi) is 5.13. The highest BCUT2D eigenvalue weighted by molar-refractivity contribution is 6.07. The highest BCUT2D eigenvalue weighted by atomic mass is 35.5. The van der Waals surface area contributed by atoms with Crippen LogP contribution in [0.25, 0.3) is 10.4 Å². The van der Waals surface area contributed by atoms with E-state index in [0.29, 0.717) is 25.0 Å². The van der Waals surface area contributed by atoms with E-state index >= 15 is 0 Å². The van der Waals surface area contributed by atoms with Crippen molar-refractivity contribution in [2.75, 3.05) is 20.8 Å². The molecule has 4 unspecified atom stereocenters. The molecule has 164 valence electrons. The molecule has 0 radical (unpaired) electrons. The number of amides is 1. The van der Waals surface area contributed by atoms with Gasteiger partial charge in [0.15, 0.2) is 12.4 Å². The van der Waals surface area contributed by atoms with Crippen LogP contribution < -0.4 is 0 Å². The molecule has 10 nitrogen and oxygen atoms in total. The fourth-order valence-corrected chi connectivity index (χ4v) is 6.31. The maximum atomic E-state index is 12.4. The standard InChI is InChI=1S/C19H18N4O5.CH3ClO/c1-23-16-17(9-28-23)6-10-2-3-12(15(26)21-22-20)14(25)13(10)18(8-17)7-11(24)4-5-19(16,18)27;1-3-2/h2-5,16,25,27H,6-9H2,1H3;1H3/p+1. The number of fused-ring (bicyclic) bond motifs is 2. The smallest absolute Gasteiger partial charge is 0.252 e. The lowest BCUT2D eigenvalue weighted by atomic mass is 9.59. The van der Waals surface area contributed by atoms with Crippen molar-refractivity contribution in [1.82, 2.24) is 5.06 Å². The molecule has 3 N–H and O–H groups in total. The summed E-state index contributed by atoms with van der Waals surface area (Å²) >= 11 is 4.50. The lowest BCUT2D eigenvalue weighted by Crippen LogP contribution is -2.58. The number of phenols is 1. The van der Waals surface area contributed by atoms with Crippen molar-refractivity contribution < 1.29 is 28.9 Å². The van der Waals surface area contributed by atoms with Gasteiger partial charge in [0.05, 0.1) is 37.0 Å². The molecule has 3 aliphatic carbocycles. The number of benzene rings is 1. The summed E-state index contributed by atoms with van der Waals surface area (Å²) in [5, 5.41) is 27.8. The molecule has 2 fully saturated rings. The lowest BCUT2D eigenvalue weighted by molar-refractivity contribution is -0.267. The predicted octanol–water partition coefficient (Wildman–Crippen LogP) is 1.83. The summed E-state index contributed by atoms with van der Waals surface area (Å²) in [6, 6.07) is 2.82. The molecule has 2 bridgehead atoms. The molecule has 4 atom stereocenters. The molecule has 11 heteroatoms. The number of ketones is 1. The van der Waals surface area contributed by atoms with E-state index in [-0.39, 0.29) is 35.0 Å². The Morgan fingerprint density at radius 1 is 1.45 bits per heavy atom. The number of aromatic hydroxyl groups is 1. The van der Waals surface area contributed by atoms with Gasteiger partial charge in [-0.1, -0.05) is 11.1 Å². The Balaban J connectivity index is 0.000000730. The van der Waals surface area contributed by atoms with Gasteiger partial charge in [-0.2, -0.15) is 0 Å². The molecule has 1 saturated carbocycles. The van der Waals surface area contributed by atoms with Crippen LogP contribution in [0.3, 0.4) is 0 Å². The molecule has 5 rings (SSSR count). The first kappa shape index (κ1) is 21.8. The zero-order valence-corrected chi connectivity index (χ0v) is 17.7. The number of hydrogen-bond donors (Lipinski definition) is 2. The van der Waals surface area contributed by atoms with E-state index in [1.165, 1.54) is 19.3 Å². The Hall–Kier alpha value is -2.46. The number of likely N-dealkylation sites (N-methyl/N-ethyl adjacent to an activating group) is 1. The van der Waals surface area contributed by atoms with Gasteiger partial charge < -0.3 is 15.1 Å². The first-order valence-electron chi connectivity index (χ1n) is 9.64. The third kappa shape index (κ3) is 2.77. The lowest BCUT2D eigenvalue weighted by Gasteiger charge is -2.46. The van der Waals surface area contributed by atoms with Crippen molar-refractivity contribution in [1.29, 1.82) is 0 Å². The highest BCUT2D eigenvalue weighted by Crippen LogP contribution is 2.68. The number of phenolic OH excluding ortho intramolecular Hbond substituents is 1. The van der Waals surface area contributed by atoms with Gasteiger partial charge in [-0.3, -0.25) is 13.9 Å². The van der Waals surface area contributed by atoms with Crippen LogP contribution >= 0.6 is 11.9 Å². The number of carbonyl (C=O) groups is 2. The van der Waals surface area contributed by atoms with E-state index in [1.54, 1.807) is 17.2 Å². The van der Waals surface area contributed by atoms with Crippen LogP contribution in [0.15, 0.2) is 29.4 Å². The van der Waals surface area contributed by atoms with Crippen molar-refractivity contribution in [3.63, 3.8) is 0 Å². The maximum absolute atomic E-state index is 12.4. The van der Waals surface area contributed by atoms with Gasteiger partial charge in [0.1, 0.15) is 17.4 Å². The highest BCUT2D eigenvalue weighted by Gasteiger charge is 2.78. The zero-order chi connectivity index (χ0) is 22.6. The molecule has 4 aliphatic rings. The predicted molar refractivity (Wildman–Crippen MR) is 109 cm³/mol. The second kappa shape index (κ2) is 7.30. The van der Waals surface area contributed by atoms with E-state index < -0.39 is 16.9 Å². The molecule has 31 heavy (non-hydrogen) atoms. The largest absolute Gasteiger partial charge is 0.507 e. The van der Waals surface area contributed by atoms with Gasteiger partial charge >= 0.3 is 0 Å². The number of halogens is 1. The average Bonchev–Trinajstić information content (AvgIpc) is 3.09. The number of carbonyl (C=O) groups excluding carboxylic acids is 2. The Bertz CT molecular complexity index is 1060. The molecular formula is C20H22ClN4O6+. The molecule has 1 aromatic rings. The number of azide groups is 1. The van der Waals surface area contributed by atoms with Crippen molar-refractivity contribution in [2.24, 2.45) is 10.5 Å². The van der Waals surface area contributed by atoms with Gasteiger partial charge in [-0.25, -0.2) is 0 Å². The minimum absolute atomic E-state index is 0.0335. The Morgan fingerprint density at radius 2 is 2.16 bits per heavy atom. The van der Waals surface area contributed by atoms with E-state index in [9.17, 15) is 19.8 Å². The molecule has 2 spiro atoms. The van der Waals surface area contributed by atoms with Crippen molar-refractivity contribution in [3.05, 3.63) is 51.4 Å². The Morgan fingerprint density at radius 3 is 2.84 bits per heavy atom. The number of rotatable bonds is 1. The third-order valence-electron chi connectivity index (χ3n) is 7.05. The van der Waals surface area contributed by atoms with E-state index in [1.807, 2.05) is 7.05 Å². The van der Waals surface area contributed by atoms with E-state index in [4.69, 9.17) is 5.53 Å². The van der Waals surface area contributed by atoms with Gasteiger partial charge in [0.25, 0.3) is 5.91 Å². The van der Waals surface area contributed by atoms with Gasteiger partial charge in [-0.05, 0) is 47.3 Å². The number of allylic oxidation sites excluding steroid dienone is 1. The van der Waals surface area contributed by atoms with Crippen LogP contribution in [0.2, 0.25) is 0 Å². The van der Waals surface area contributed by atoms with Crippen LogP contribution in [-0.4, -0.2) is 64.2 Å². The second-order valence-corrected chi connectivity index (χ2v) is 8.83. The normalized spacial score (nSPS) is 34.7. The molecule has 1 saturated heterocycles. The molecule has 1 aliphatic heterocycles. The summed E-state index contributed by atoms with van der Waals surface area (Å²) in [6.45, 7) is 0.528. The number of hydroxylamine groups is 2. The van der Waals surface area contributed by atoms with Crippen LogP contribution in [0.5, 0.6) is 5.75 Å². The molecule has 1 aromatic carbocycles. The summed E-state index contributed by atoms with van der Waals surface area (Å²) in [5.74, 6) is -1.35. The van der Waals surface area contributed by atoms with Crippen molar-refractivity contribution in [3.8, 4) is 5.75 Å². The van der Waals surface area contributed by atoms with E-state index in [0.717, 1.165) is 5.56 Å². The van der Waals surface area contributed by atoms with Crippen LogP contribution in [0, 0.1) is 5.41 Å². The van der Waals surface area contributed by atoms with Crippen molar-refractivity contribution >= 4 is 23.6 Å². The maximum Gasteiger partial charge on any atom is 0.252 e. The number of nitrogens with zero attached hydrogens (tertiary/aromatic N) is 4. The summed E-state index contributed by atoms with van der Waals surface area (Å²) in [5.41, 5.74) is 6.83. The molecule has 1 heterocycles. The first-order chi connectivity index (χ1) is 14.7. The van der Waals surface area contributed by atoms with Gasteiger partial charge in [-0.15, -0.1) is 0 Å². The van der Waals surface area contributed by atoms with Gasteiger partial charge in [0, 0.05) is 22.3 Å². The third-order valence-corrected chi connectivity index (χ3v) is 7.05. The van der Waals surface area contributed by atoms with Crippen LogP contribution in [0.1, 0.15) is 34.3 Å². The summed E-state index contributed by atoms with van der Waals surface area (Å²) in [6.07, 6.45) is 4.02. The summed E-state index contributed by atoms with van der Waals surface area (Å²) in [4.78, 5) is 31.6. The number of aliphatic hydroxyl groups is 2. The topological polar surface area (TPSA) is 149 Å². The monoisotopic (exact) mass is 449 g/mol. The summed E-state index contributed by atoms with van der Waals surface area (Å²) < 4.78 is 3.72. The average molecular weight is 450 g/mol. The van der Waals surface area contributed by atoms with E-state index in [2.05, 4.69) is 31.0 Å². The fourth-order valence-electron chi connectivity index (χ4n) is 6.31. The molecule has 1 amide bonds. The van der Waals surface area contributed by atoms with Gasteiger partial charge in [0.2, 0.25) is 0 Å². The second-order valence-electron chi connectivity index (χ2n) is 8.52. The minimum atomic E-state index is -1.42. The fraction of sp³-hybridized carbons (Fsp3) is 0.500. The summed E-state index contributed by atoms with van der Waals surface area (Å²) in [7, 11) is 3.21. The molecular weight excluding hydrogens is 428 g/mol. The minimum Gasteiger partial charge on any atom is -0.507 e. The number of hydrogen-bond acceptors (Lipinski definition) is 6. The zero-order valence-electron chi connectivity index (χ0n) is 16.9. The quantitative estimate of drug-likeness (QED) is 0.289. The van der Waals surface area contributed by atoms with Crippen LogP contribution in [-0.2, 0) is 20.9 Å². The van der Waals surface area contributed by atoms with Crippen LogP contribution in [0.4, 0.5) is 0 Å².